The zero-order valence-corrected chi connectivity index (χ0v) is 15.8. The molecule has 3 heterocycles. The molecule has 1 N–H and O–H groups in total. The van der Waals surface area contributed by atoms with Gasteiger partial charge in [-0.05, 0) is 39.7 Å². The topological polar surface area (TPSA) is 101 Å². The van der Waals surface area contributed by atoms with Crippen molar-refractivity contribution in [2.24, 2.45) is 5.10 Å². The number of aryl methyl sites for hydroxylation is 1. The Bertz CT molecular complexity index is 968. The lowest BCUT2D eigenvalue weighted by molar-refractivity contribution is 0.0698. The van der Waals surface area contributed by atoms with Gasteiger partial charge in [-0.2, -0.15) is 10.1 Å². The monoisotopic (exact) mass is 360 g/mol. The van der Waals surface area contributed by atoms with E-state index in [0.29, 0.717) is 18.6 Å². The van der Waals surface area contributed by atoms with Gasteiger partial charge in [-0.25, -0.2) is 4.79 Å². The zero-order valence-electron chi connectivity index (χ0n) is 15.8. The molecule has 0 bridgehead atoms. The average Bonchev–Trinajstić information content (AvgIpc) is 2.93. The van der Waals surface area contributed by atoms with Gasteiger partial charge in [-0.1, -0.05) is 6.92 Å². The van der Waals surface area contributed by atoms with Gasteiger partial charge < -0.3 is 9.15 Å². The van der Waals surface area contributed by atoms with Gasteiger partial charge in [0.15, 0.2) is 0 Å². The minimum Gasteiger partial charge on any atom is -0.462 e. The summed E-state index contributed by atoms with van der Waals surface area (Å²) >= 11 is 0. The fourth-order valence-electron chi connectivity index (χ4n) is 3.21. The first kappa shape index (κ1) is 18.2. The Morgan fingerprint density at radius 1 is 1.38 bits per heavy atom. The number of aromatic nitrogens is 2. The summed E-state index contributed by atoms with van der Waals surface area (Å²) in [5, 5.41) is 6.87. The summed E-state index contributed by atoms with van der Waals surface area (Å²) in [6.07, 6.45) is 1.32. The average molecular weight is 360 g/mol. The number of aromatic amines is 1. The molecular formula is C18H24N4O4. The summed E-state index contributed by atoms with van der Waals surface area (Å²) in [6.45, 7) is 10.4. The molecule has 140 valence electrons. The standard InChI is InChI=1S/C18H24N4O4/c1-6-11-8-13(23)26-16-14(11)15(24)19-17(20-16)25-9-12-7-10(2)21-22(12)18(3,4)5/h8,12H,6-7,9H2,1-5H3,(H,19,20,24). The van der Waals surface area contributed by atoms with Crippen LogP contribution >= 0.6 is 0 Å². The second-order valence-corrected chi connectivity index (χ2v) is 7.52. The third-order valence-corrected chi connectivity index (χ3v) is 4.31. The second kappa shape index (κ2) is 6.59. The first-order valence-electron chi connectivity index (χ1n) is 8.72. The van der Waals surface area contributed by atoms with Gasteiger partial charge in [0.25, 0.3) is 11.6 Å². The van der Waals surface area contributed by atoms with Crippen molar-refractivity contribution < 1.29 is 9.15 Å². The molecule has 1 atom stereocenters. The van der Waals surface area contributed by atoms with Gasteiger partial charge in [-0.15, -0.1) is 0 Å². The Morgan fingerprint density at radius 2 is 2.12 bits per heavy atom. The Labute approximate surface area is 150 Å². The number of H-pyrrole nitrogens is 1. The van der Waals surface area contributed by atoms with Gasteiger partial charge in [0.2, 0.25) is 5.71 Å². The summed E-state index contributed by atoms with van der Waals surface area (Å²) in [4.78, 5) is 30.9. The maximum absolute atomic E-state index is 12.4. The molecule has 2 aromatic heterocycles. The number of nitrogens with one attached hydrogen (secondary N) is 1. The predicted octanol–water partition coefficient (Wildman–Crippen LogP) is 2.07. The highest BCUT2D eigenvalue weighted by molar-refractivity contribution is 5.83. The Kier molecular flexibility index (Phi) is 4.60. The molecule has 0 amide bonds. The number of hydrogen-bond acceptors (Lipinski definition) is 7. The van der Waals surface area contributed by atoms with E-state index in [9.17, 15) is 9.59 Å². The van der Waals surface area contributed by atoms with Crippen LogP contribution in [-0.2, 0) is 6.42 Å². The highest BCUT2D eigenvalue weighted by atomic mass is 16.5. The summed E-state index contributed by atoms with van der Waals surface area (Å²) < 4.78 is 10.8. The number of rotatable bonds is 4. The van der Waals surface area contributed by atoms with E-state index in [0.717, 1.165) is 12.1 Å². The minimum atomic E-state index is -0.530. The maximum Gasteiger partial charge on any atom is 0.337 e. The van der Waals surface area contributed by atoms with Crippen molar-refractivity contribution >= 4 is 16.8 Å². The highest BCUT2D eigenvalue weighted by Gasteiger charge is 2.33. The number of hydrazone groups is 1. The van der Waals surface area contributed by atoms with Gasteiger partial charge in [0, 0.05) is 23.7 Å². The molecule has 0 saturated heterocycles. The number of nitrogens with zero attached hydrogens (tertiary/aromatic N) is 3. The van der Waals surface area contributed by atoms with Crippen molar-refractivity contribution in [2.75, 3.05) is 6.61 Å². The van der Waals surface area contributed by atoms with E-state index in [4.69, 9.17) is 9.15 Å². The molecule has 0 spiro atoms. The summed E-state index contributed by atoms with van der Waals surface area (Å²) in [5.41, 5.74) is 0.593. The molecule has 8 heteroatoms. The Hall–Kier alpha value is -2.64. The van der Waals surface area contributed by atoms with Crippen LogP contribution in [0.4, 0.5) is 0 Å². The van der Waals surface area contributed by atoms with Crippen LogP contribution in [0.2, 0.25) is 0 Å². The van der Waals surface area contributed by atoms with Crippen molar-refractivity contribution in [3.63, 3.8) is 0 Å². The highest BCUT2D eigenvalue weighted by Crippen LogP contribution is 2.25. The van der Waals surface area contributed by atoms with E-state index in [-0.39, 0.29) is 34.3 Å². The number of fused-ring (bicyclic) bond motifs is 1. The van der Waals surface area contributed by atoms with E-state index in [1.165, 1.54) is 6.07 Å². The molecule has 1 aliphatic heterocycles. The molecule has 1 aliphatic rings. The van der Waals surface area contributed by atoms with E-state index in [1.54, 1.807) is 0 Å². The lowest BCUT2D eigenvalue weighted by Crippen LogP contribution is -2.44. The van der Waals surface area contributed by atoms with E-state index < -0.39 is 5.63 Å². The molecule has 0 radical (unpaired) electrons. The van der Waals surface area contributed by atoms with Crippen LogP contribution in [0.15, 0.2) is 25.2 Å². The molecule has 0 aromatic carbocycles. The summed E-state index contributed by atoms with van der Waals surface area (Å²) in [7, 11) is 0. The van der Waals surface area contributed by atoms with Crippen LogP contribution in [0.3, 0.4) is 0 Å². The lowest BCUT2D eigenvalue weighted by Gasteiger charge is -2.35. The lowest BCUT2D eigenvalue weighted by atomic mass is 10.0. The quantitative estimate of drug-likeness (QED) is 0.896. The SMILES string of the molecule is CCc1cc(=O)oc2nc(OCC3CC(C)=NN3C(C)(C)C)[nH]c(=O)c12. The van der Waals surface area contributed by atoms with E-state index in [1.807, 2.05) is 18.9 Å². The van der Waals surface area contributed by atoms with Crippen molar-refractivity contribution in [3.05, 3.63) is 32.4 Å². The van der Waals surface area contributed by atoms with Crippen LogP contribution in [0.5, 0.6) is 6.01 Å². The fraction of sp³-hybridized carbons (Fsp3) is 0.556. The van der Waals surface area contributed by atoms with E-state index in [2.05, 4.69) is 35.8 Å². The molecule has 3 rings (SSSR count). The third kappa shape index (κ3) is 3.49. The smallest absolute Gasteiger partial charge is 0.337 e. The van der Waals surface area contributed by atoms with E-state index >= 15 is 0 Å². The zero-order chi connectivity index (χ0) is 19.1. The van der Waals surface area contributed by atoms with Crippen molar-refractivity contribution in [1.82, 2.24) is 15.0 Å². The minimum absolute atomic E-state index is 0.000343. The largest absolute Gasteiger partial charge is 0.462 e. The van der Waals surface area contributed by atoms with Crippen LogP contribution in [0.25, 0.3) is 11.1 Å². The van der Waals surface area contributed by atoms with Crippen LogP contribution < -0.4 is 15.9 Å². The molecule has 0 aliphatic carbocycles. The van der Waals surface area contributed by atoms with Crippen molar-refractivity contribution in [3.8, 4) is 6.01 Å². The third-order valence-electron chi connectivity index (χ3n) is 4.31. The first-order valence-corrected chi connectivity index (χ1v) is 8.72. The van der Waals surface area contributed by atoms with Crippen LogP contribution in [0.1, 0.15) is 46.6 Å². The van der Waals surface area contributed by atoms with Gasteiger partial charge in [-0.3, -0.25) is 14.8 Å². The molecule has 8 nitrogen and oxygen atoms in total. The van der Waals surface area contributed by atoms with Gasteiger partial charge >= 0.3 is 5.63 Å². The van der Waals surface area contributed by atoms with Crippen molar-refractivity contribution in [1.29, 1.82) is 0 Å². The second-order valence-electron chi connectivity index (χ2n) is 7.52. The molecule has 0 saturated carbocycles. The number of hydrogen-bond donors (Lipinski definition) is 1. The summed E-state index contributed by atoms with van der Waals surface area (Å²) in [6, 6.07) is 1.40. The molecular weight excluding hydrogens is 336 g/mol. The van der Waals surface area contributed by atoms with Crippen LogP contribution in [0, 0.1) is 0 Å². The Balaban J connectivity index is 1.86. The maximum atomic E-state index is 12.4. The molecule has 2 aromatic rings. The Morgan fingerprint density at radius 3 is 2.77 bits per heavy atom. The predicted molar refractivity (Wildman–Crippen MR) is 98.9 cm³/mol. The summed E-state index contributed by atoms with van der Waals surface area (Å²) in [5.74, 6) is 0. The van der Waals surface area contributed by atoms with Gasteiger partial charge in [0.1, 0.15) is 12.0 Å². The normalized spacial score (nSPS) is 17.7. The van der Waals surface area contributed by atoms with Gasteiger partial charge in [0.05, 0.1) is 6.04 Å². The molecule has 0 fully saturated rings. The first-order chi connectivity index (χ1) is 12.2. The fourth-order valence-corrected chi connectivity index (χ4v) is 3.21. The van der Waals surface area contributed by atoms with Crippen LogP contribution in [-0.4, -0.2) is 38.9 Å². The molecule has 1 unspecified atom stereocenters. The molecule has 26 heavy (non-hydrogen) atoms. The van der Waals surface area contributed by atoms with Crippen molar-refractivity contribution in [2.45, 2.75) is 59.0 Å². The number of ether oxygens (including phenoxy) is 1.